The lowest BCUT2D eigenvalue weighted by Gasteiger charge is -2.10. The molecule has 0 radical (unpaired) electrons. The number of carbonyl (C=O) groups excluding carboxylic acids is 2. The number of methoxy groups -OCH3 is 1. The number of para-hydroxylation sites is 1. The molecule has 0 aliphatic heterocycles. The van der Waals surface area contributed by atoms with Gasteiger partial charge in [0.05, 0.1) is 30.8 Å². The number of ether oxygens (including phenoxy) is 1. The highest BCUT2D eigenvalue weighted by Gasteiger charge is 2.12. The standard InChI is InChI=1S/C18H22N4O3/c1-3-4-7-10-19-17(23)15-11-21-16(12-20-15)22-14-9-6-5-8-13(14)18(24)25-2/h5-6,8-9,11-12H,3-4,7,10H2,1-2H3,(H,19,23)(H,21,22). The summed E-state index contributed by atoms with van der Waals surface area (Å²) in [5, 5.41) is 5.82. The van der Waals surface area contributed by atoms with E-state index in [0.717, 1.165) is 19.3 Å². The number of hydrogen-bond acceptors (Lipinski definition) is 6. The topological polar surface area (TPSA) is 93.2 Å². The number of nitrogens with zero attached hydrogens (tertiary/aromatic N) is 2. The number of benzene rings is 1. The van der Waals surface area contributed by atoms with Crippen molar-refractivity contribution in [3.05, 3.63) is 47.9 Å². The normalized spacial score (nSPS) is 10.2. The summed E-state index contributed by atoms with van der Waals surface area (Å²) in [5.74, 6) is -0.261. The SMILES string of the molecule is CCCCCNC(=O)c1cnc(Nc2ccccc2C(=O)OC)cn1. The number of anilines is 2. The molecule has 0 bridgehead atoms. The number of unbranched alkanes of at least 4 members (excludes halogenated alkanes) is 2. The van der Waals surface area contributed by atoms with E-state index < -0.39 is 5.97 Å². The van der Waals surface area contributed by atoms with Gasteiger partial charge in [-0.1, -0.05) is 31.9 Å². The van der Waals surface area contributed by atoms with E-state index in [9.17, 15) is 9.59 Å². The number of hydrogen-bond donors (Lipinski definition) is 2. The van der Waals surface area contributed by atoms with E-state index in [4.69, 9.17) is 4.74 Å². The van der Waals surface area contributed by atoms with Gasteiger partial charge in [-0.3, -0.25) is 4.79 Å². The lowest BCUT2D eigenvalue weighted by molar-refractivity contribution is 0.0601. The van der Waals surface area contributed by atoms with E-state index in [1.54, 1.807) is 24.3 Å². The lowest BCUT2D eigenvalue weighted by atomic mass is 10.2. The smallest absolute Gasteiger partial charge is 0.339 e. The van der Waals surface area contributed by atoms with E-state index >= 15 is 0 Å². The van der Waals surface area contributed by atoms with Gasteiger partial charge in [0, 0.05) is 6.54 Å². The molecular weight excluding hydrogens is 320 g/mol. The van der Waals surface area contributed by atoms with Crippen LogP contribution in [0.1, 0.15) is 47.0 Å². The third kappa shape index (κ3) is 5.27. The Kier molecular flexibility index (Phi) is 6.88. The van der Waals surface area contributed by atoms with Crippen LogP contribution in [0.3, 0.4) is 0 Å². The molecule has 25 heavy (non-hydrogen) atoms. The first kappa shape index (κ1) is 18.4. The Bertz CT molecular complexity index is 717. The zero-order chi connectivity index (χ0) is 18.1. The molecule has 1 amide bonds. The van der Waals surface area contributed by atoms with E-state index in [1.807, 2.05) is 0 Å². The highest BCUT2D eigenvalue weighted by atomic mass is 16.5. The molecule has 0 atom stereocenters. The third-order valence-corrected chi connectivity index (χ3v) is 3.55. The minimum absolute atomic E-state index is 0.245. The molecule has 7 nitrogen and oxygen atoms in total. The molecule has 0 fully saturated rings. The summed E-state index contributed by atoms with van der Waals surface area (Å²) in [6.07, 6.45) is 5.98. The van der Waals surface area contributed by atoms with Gasteiger partial charge in [0.1, 0.15) is 11.5 Å². The van der Waals surface area contributed by atoms with Crippen molar-refractivity contribution >= 4 is 23.4 Å². The molecule has 0 aliphatic rings. The van der Waals surface area contributed by atoms with Crippen LogP contribution in [-0.4, -0.2) is 35.5 Å². The lowest BCUT2D eigenvalue weighted by Crippen LogP contribution is -2.25. The molecule has 0 saturated carbocycles. The average Bonchev–Trinajstić information content (AvgIpc) is 2.65. The van der Waals surface area contributed by atoms with E-state index in [1.165, 1.54) is 19.5 Å². The van der Waals surface area contributed by atoms with Gasteiger partial charge in [0.25, 0.3) is 5.91 Å². The molecule has 7 heteroatoms. The first-order valence-electron chi connectivity index (χ1n) is 8.20. The van der Waals surface area contributed by atoms with Crippen molar-refractivity contribution < 1.29 is 14.3 Å². The van der Waals surface area contributed by atoms with Crippen molar-refractivity contribution in [2.24, 2.45) is 0 Å². The number of nitrogens with one attached hydrogen (secondary N) is 2. The number of carbonyl (C=O) groups is 2. The third-order valence-electron chi connectivity index (χ3n) is 3.55. The van der Waals surface area contributed by atoms with Crippen LogP contribution in [0.5, 0.6) is 0 Å². The highest BCUT2D eigenvalue weighted by molar-refractivity contribution is 5.96. The van der Waals surface area contributed by atoms with Crippen molar-refractivity contribution in [3.63, 3.8) is 0 Å². The van der Waals surface area contributed by atoms with Crippen LogP contribution in [0.4, 0.5) is 11.5 Å². The molecule has 2 N–H and O–H groups in total. The maximum Gasteiger partial charge on any atom is 0.339 e. The second-order valence-corrected chi connectivity index (χ2v) is 5.41. The Balaban J connectivity index is 2.01. The fourth-order valence-corrected chi connectivity index (χ4v) is 2.20. The molecule has 1 heterocycles. The number of amides is 1. The van der Waals surface area contributed by atoms with Crippen molar-refractivity contribution in [2.45, 2.75) is 26.2 Å². The number of esters is 1. The summed E-state index contributed by atoms with van der Waals surface area (Å²) in [5.41, 5.74) is 1.20. The van der Waals surface area contributed by atoms with Gasteiger partial charge in [-0.15, -0.1) is 0 Å². The van der Waals surface area contributed by atoms with Crippen LogP contribution >= 0.6 is 0 Å². The van der Waals surface area contributed by atoms with Crippen LogP contribution in [0.25, 0.3) is 0 Å². The number of rotatable bonds is 8. The molecule has 0 unspecified atom stereocenters. The van der Waals surface area contributed by atoms with E-state index in [0.29, 0.717) is 23.6 Å². The van der Waals surface area contributed by atoms with Gasteiger partial charge >= 0.3 is 5.97 Å². The Morgan fingerprint density at radius 1 is 1.12 bits per heavy atom. The number of aromatic nitrogens is 2. The monoisotopic (exact) mass is 342 g/mol. The maximum atomic E-state index is 12.0. The van der Waals surface area contributed by atoms with Gasteiger partial charge in [0.15, 0.2) is 0 Å². The van der Waals surface area contributed by atoms with Crippen LogP contribution in [0, 0.1) is 0 Å². The van der Waals surface area contributed by atoms with Crippen LogP contribution in [0.2, 0.25) is 0 Å². The summed E-state index contributed by atoms with van der Waals surface area (Å²) in [6.45, 7) is 2.73. The molecule has 1 aromatic carbocycles. The van der Waals surface area contributed by atoms with Gasteiger partial charge in [-0.05, 0) is 18.6 Å². The van der Waals surface area contributed by atoms with Gasteiger partial charge < -0.3 is 15.4 Å². The first-order chi connectivity index (χ1) is 12.2. The largest absolute Gasteiger partial charge is 0.465 e. The Hall–Kier alpha value is -2.96. The average molecular weight is 342 g/mol. The molecule has 2 aromatic rings. The molecule has 0 aliphatic carbocycles. The highest BCUT2D eigenvalue weighted by Crippen LogP contribution is 2.19. The van der Waals surface area contributed by atoms with Gasteiger partial charge in [-0.25, -0.2) is 14.8 Å². The van der Waals surface area contributed by atoms with Gasteiger partial charge in [0.2, 0.25) is 0 Å². The maximum absolute atomic E-state index is 12.0. The summed E-state index contributed by atoms with van der Waals surface area (Å²) in [4.78, 5) is 32.0. The summed E-state index contributed by atoms with van der Waals surface area (Å²) in [7, 11) is 1.33. The van der Waals surface area contributed by atoms with Crippen molar-refractivity contribution in [1.29, 1.82) is 0 Å². The van der Waals surface area contributed by atoms with Crippen LogP contribution in [-0.2, 0) is 4.74 Å². The summed E-state index contributed by atoms with van der Waals surface area (Å²) < 4.78 is 4.75. The Morgan fingerprint density at radius 2 is 1.92 bits per heavy atom. The second kappa shape index (κ2) is 9.36. The Morgan fingerprint density at radius 3 is 2.60 bits per heavy atom. The zero-order valence-electron chi connectivity index (χ0n) is 14.4. The van der Waals surface area contributed by atoms with E-state index in [-0.39, 0.29) is 11.6 Å². The first-order valence-corrected chi connectivity index (χ1v) is 8.20. The summed E-state index contributed by atoms with van der Waals surface area (Å²) >= 11 is 0. The molecule has 0 saturated heterocycles. The minimum Gasteiger partial charge on any atom is -0.465 e. The molecule has 132 valence electrons. The minimum atomic E-state index is -0.445. The quantitative estimate of drug-likeness (QED) is 0.566. The summed E-state index contributed by atoms with van der Waals surface area (Å²) in [6, 6.07) is 6.93. The fourth-order valence-electron chi connectivity index (χ4n) is 2.20. The predicted molar refractivity (Wildman–Crippen MR) is 95.0 cm³/mol. The molecular formula is C18H22N4O3. The van der Waals surface area contributed by atoms with Crippen molar-refractivity contribution in [3.8, 4) is 0 Å². The molecule has 1 aromatic heterocycles. The van der Waals surface area contributed by atoms with Crippen molar-refractivity contribution in [1.82, 2.24) is 15.3 Å². The van der Waals surface area contributed by atoms with Crippen LogP contribution in [0.15, 0.2) is 36.7 Å². The zero-order valence-corrected chi connectivity index (χ0v) is 14.4. The second-order valence-electron chi connectivity index (χ2n) is 5.41. The van der Waals surface area contributed by atoms with Crippen molar-refractivity contribution in [2.75, 3.05) is 19.0 Å². The molecule has 2 rings (SSSR count). The fraction of sp³-hybridized carbons (Fsp3) is 0.333. The molecule has 0 spiro atoms. The predicted octanol–water partition coefficient (Wildman–Crippen LogP) is 2.93. The van der Waals surface area contributed by atoms with E-state index in [2.05, 4.69) is 27.5 Å². The van der Waals surface area contributed by atoms with Gasteiger partial charge in [-0.2, -0.15) is 0 Å². The Labute approximate surface area is 146 Å². The van der Waals surface area contributed by atoms with Crippen LogP contribution < -0.4 is 10.6 Å².